The maximum absolute atomic E-state index is 13.3. The molecule has 0 unspecified atom stereocenters. The van der Waals surface area contributed by atoms with E-state index in [0.29, 0.717) is 57.1 Å². The van der Waals surface area contributed by atoms with Gasteiger partial charge in [-0.15, -0.1) is 0 Å². The summed E-state index contributed by atoms with van der Waals surface area (Å²) in [6, 6.07) is 4.86. The fourth-order valence-electron chi connectivity index (χ4n) is 4.38. The zero-order valence-corrected chi connectivity index (χ0v) is 19.8. The molecule has 4 rings (SSSR count). The summed E-state index contributed by atoms with van der Waals surface area (Å²) >= 11 is 0. The Balaban J connectivity index is 1.46. The Morgan fingerprint density at radius 3 is 2.55 bits per heavy atom. The fraction of sp³-hybridized carbons (Fsp3) is 0.522. The van der Waals surface area contributed by atoms with Crippen molar-refractivity contribution in [2.75, 3.05) is 43.0 Å². The van der Waals surface area contributed by atoms with E-state index < -0.39 is 10.0 Å². The van der Waals surface area contributed by atoms with Gasteiger partial charge in [0, 0.05) is 50.2 Å². The van der Waals surface area contributed by atoms with Gasteiger partial charge in [-0.1, -0.05) is 6.42 Å². The van der Waals surface area contributed by atoms with E-state index in [1.165, 1.54) is 10.4 Å². The number of carbonyl (C=O) groups is 1. The summed E-state index contributed by atoms with van der Waals surface area (Å²) in [4.78, 5) is 23.6. The van der Waals surface area contributed by atoms with E-state index in [1.54, 1.807) is 30.7 Å². The number of piperidine rings is 2. The number of benzene rings is 1. The Morgan fingerprint density at radius 1 is 1.12 bits per heavy atom. The minimum atomic E-state index is -3.70. The van der Waals surface area contributed by atoms with Gasteiger partial charge in [0.05, 0.1) is 12.8 Å². The van der Waals surface area contributed by atoms with Crippen molar-refractivity contribution in [2.24, 2.45) is 5.92 Å². The summed E-state index contributed by atoms with van der Waals surface area (Å²) in [7, 11) is -3.70. The molecule has 9 nitrogen and oxygen atoms in total. The van der Waals surface area contributed by atoms with Crippen molar-refractivity contribution in [3.63, 3.8) is 0 Å². The molecular formula is C23H31N5O4S. The van der Waals surface area contributed by atoms with Crippen molar-refractivity contribution in [2.45, 2.75) is 43.9 Å². The zero-order chi connectivity index (χ0) is 23.3. The molecule has 2 aliphatic heterocycles. The lowest BCUT2D eigenvalue weighted by atomic mass is 9.96. The number of amides is 1. The van der Waals surface area contributed by atoms with Crippen LogP contribution in [0.25, 0.3) is 0 Å². The second-order valence-electron chi connectivity index (χ2n) is 8.37. The van der Waals surface area contributed by atoms with Crippen LogP contribution >= 0.6 is 0 Å². The minimum Gasteiger partial charge on any atom is -0.492 e. The van der Waals surface area contributed by atoms with Crippen LogP contribution < -0.4 is 15.0 Å². The lowest BCUT2D eigenvalue weighted by Gasteiger charge is -2.32. The predicted molar refractivity (Wildman–Crippen MR) is 126 cm³/mol. The third kappa shape index (κ3) is 5.44. The molecule has 1 amide bonds. The highest BCUT2D eigenvalue weighted by atomic mass is 32.2. The third-order valence-electron chi connectivity index (χ3n) is 6.18. The Hall–Kier alpha value is -2.72. The smallest absolute Gasteiger partial charge is 0.246 e. The van der Waals surface area contributed by atoms with E-state index in [1.807, 2.05) is 6.92 Å². The molecule has 1 aromatic heterocycles. The SMILES string of the molecule is CCOc1ccc(NC(=O)C2CCN(c3cnccn3)CC2)cc1S(=O)(=O)N1CCCCC1. The third-order valence-corrected chi connectivity index (χ3v) is 8.10. The number of sulfonamides is 1. The highest BCUT2D eigenvalue weighted by Gasteiger charge is 2.30. The molecule has 1 N–H and O–H groups in total. The molecule has 10 heteroatoms. The van der Waals surface area contributed by atoms with Crippen LogP contribution in [0.15, 0.2) is 41.7 Å². The highest BCUT2D eigenvalue weighted by Crippen LogP contribution is 2.32. The lowest BCUT2D eigenvalue weighted by molar-refractivity contribution is -0.120. The zero-order valence-electron chi connectivity index (χ0n) is 18.9. The van der Waals surface area contributed by atoms with Gasteiger partial charge in [0.15, 0.2) is 0 Å². The van der Waals surface area contributed by atoms with Gasteiger partial charge in [-0.05, 0) is 50.8 Å². The summed E-state index contributed by atoms with van der Waals surface area (Å²) in [5.41, 5.74) is 0.468. The molecule has 0 bridgehead atoms. The van der Waals surface area contributed by atoms with Crippen molar-refractivity contribution >= 4 is 27.4 Å². The number of hydrogen-bond donors (Lipinski definition) is 1. The van der Waals surface area contributed by atoms with Crippen LogP contribution in [0, 0.1) is 5.92 Å². The summed E-state index contributed by atoms with van der Waals surface area (Å²) in [6.45, 7) is 4.63. The van der Waals surface area contributed by atoms with E-state index in [2.05, 4.69) is 20.2 Å². The van der Waals surface area contributed by atoms with E-state index in [4.69, 9.17) is 4.74 Å². The normalized spacial score (nSPS) is 18.2. The average Bonchev–Trinajstić information content (AvgIpc) is 2.86. The first-order valence-electron chi connectivity index (χ1n) is 11.6. The van der Waals surface area contributed by atoms with Gasteiger partial charge < -0.3 is 15.0 Å². The first kappa shape index (κ1) is 23.4. The second-order valence-corrected chi connectivity index (χ2v) is 10.3. The quantitative estimate of drug-likeness (QED) is 0.659. The first-order chi connectivity index (χ1) is 16.0. The van der Waals surface area contributed by atoms with Gasteiger partial charge in [-0.25, -0.2) is 13.4 Å². The molecule has 2 fully saturated rings. The lowest BCUT2D eigenvalue weighted by Crippen LogP contribution is -2.38. The van der Waals surface area contributed by atoms with Crippen molar-refractivity contribution in [1.29, 1.82) is 0 Å². The maximum Gasteiger partial charge on any atom is 0.246 e. The molecule has 2 saturated heterocycles. The topological polar surface area (TPSA) is 105 Å². The molecule has 178 valence electrons. The van der Waals surface area contributed by atoms with Crippen LogP contribution in [0.4, 0.5) is 11.5 Å². The van der Waals surface area contributed by atoms with E-state index in [9.17, 15) is 13.2 Å². The van der Waals surface area contributed by atoms with Crippen molar-refractivity contribution < 1.29 is 17.9 Å². The van der Waals surface area contributed by atoms with Crippen LogP contribution in [0.2, 0.25) is 0 Å². The Kier molecular flexibility index (Phi) is 7.44. The van der Waals surface area contributed by atoms with Crippen LogP contribution in [-0.4, -0.2) is 61.4 Å². The Labute approximate surface area is 195 Å². The van der Waals surface area contributed by atoms with Crippen molar-refractivity contribution in [3.05, 3.63) is 36.8 Å². The molecule has 2 aromatic rings. The molecule has 0 aliphatic carbocycles. The number of hydrogen-bond acceptors (Lipinski definition) is 7. The summed E-state index contributed by atoms with van der Waals surface area (Å²) < 4.78 is 33.7. The molecule has 0 atom stereocenters. The monoisotopic (exact) mass is 473 g/mol. The summed E-state index contributed by atoms with van der Waals surface area (Å²) in [6.07, 6.45) is 9.16. The second kappa shape index (κ2) is 10.5. The minimum absolute atomic E-state index is 0.0979. The molecule has 33 heavy (non-hydrogen) atoms. The Bertz CT molecular complexity index is 1050. The first-order valence-corrected chi connectivity index (χ1v) is 13.0. The molecule has 0 spiro atoms. The number of anilines is 2. The summed E-state index contributed by atoms with van der Waals surface area (Å²) in [5, 5.41) is 2.93. The number of rotatable bonds is 7. The molecular weight excluding hydrogens is 442 g/mol. The van der Waals surface area contributed by atoms with Crippen LogP contribution in [-0.2, 0) is 14.8 Å². The largest absolute Gasteiger partial charge is 0.492 e. The van der Waals surface area contributed by atoms with E-state index in [0.717, 1.165) is 25.1 Å². The molecule has 2 aliphatic rings. The molecule has 1 aromatic carbocycles. The van der Waals surface area contributed by atoms with Gasteiger partial charge in [0.2, 0.25) is 15.9 Å². The van der Waals surface area contributed by atoms with Gasteiger partial charge in [-0.3, -0.25) is 9.78 Å². The highest BCUT2D eigenvalue weighted by molar-refractivity contribution is 7.89. The molecule has 0 radical (unpaired) electrons. The number of nitrogens with one attached hydrogen (secondary N) is 1. The molecule has 0 saturated carbocycles. The molecule has 3 heterocycles. The Morgan fingerprint density at radius 2 is 1.88 bits per heavy atom. The number of ether oxygens (including phenoxy) is 1. The number of carbonyl (C=O) groups excluding carboxylic acids is 1. The maximum atomic E-state index is 13.3. The summed E-state index contributed by atoms with van der Waals surface area (Å²) in [5.74, 6) is 0.889. The van der Waals surface area contributed by atoms with E-state index >= 15 is 0 Å². The van der Waals surface area contributed by atoms with Crippen molar-refractivity contribution in [3.8, 4) is 5.75 Å². The number of aromatic nitrogens is 2. The van der Waals surface area contributed by atoms with Crippen LogP contribution in [0.3, 0.4) is 0 Å². The average molecular weight is 474 g/mol. The fourth-order valence-corrected chi connectivity index (χ4v) is 6.05. The van der Waals surface area contributed by atoms with Gasteiger partial charge in [-0.2, -0.15) is 4.31 Å². The predicted octanol–water partition coefficient (Wildman–Crippen LogP) is 2.91. The standard InChI is InChI=1S/C23H31N5O4S/c1-2-32-20-7-6-19(16-21(20)33(30,31)28-12-4-3-5-13-28)26-23(29)18-8-14-27(15-9-18)22-17-24-10-11-25-22/h6-7,10-11,16-18H,2-5,8-9,12-15H2,1H3,(H,26,29). The van der Waals surface area contributed by atoms with Crippen LogP contribution in [0.1, 0.15) is 39.0 Å². The van der Waals surface area contributed by atoms with Gasteiger partial charge >= 0.3 is 0 Å². The van der Waals surface area contributed by atoms with Crippen LogP contribution in [0.5, 0.6) is 5.75 Å². The van der Waals surface area contributed by atoms with E-state index in [-0.39, 0.29) is 16.7 Å². The number of nitrogens with zero attached hydrogens (tertiary/aromatic N) is 4. The van der Waals surface area contributed by atoms with Crippen molar-refractivity contribution in [1.82, 2.24) is 14.3 Å². The van der Waals surface area contributed by atoms with Gasteiger partial charge in [0.25, 0.3) is 0 Å². The van der Waals surface area contributed by atoms with Gasteiger partial charge in [0.1, 0.15) is 16.5 Å².